The zero-order valence-electron chi connectivity index (χ0n) is 19.7. The molecule has 0 spiro atoms. The van der Waals surface area contributed by atoms with Crippen LogP contribution in [0.5, 0.6) is 0 Å². The molecule has 0 saturated carbocycles. The molecule has 182 valence electrons. The van der Waals surface area contributed by atoms with Crippen LogP contribution in [0.1, 0.15) is 31.9 Å². The van der Waals surface area contributed by atoms with Crippen LogP contribution in [-0.2, 0) is 22.7 Å². The highest BCUT2D eigenvalue weighted by Crippen LogP contribution is 2.39. The van der Waals surface area contributed by atoms with Gasteiger partial charge >= 0.3 is 6.03 Å². The lowest BCUT2D eigenvalue weighted by atomic mass is 9.99. The fourth-order valence-electron chi connectivity index (χ4n) is 3.79. The Morgan fingerprint density at radius 3 is 2.09 bits per heavy atom. The molecule has 1 aliphatic rings. The molecular weight excluding hydrogens is 452 g/mol. The number of aliphatic hydroxyl groups excluding tert-OH is 1. The summed E-state index contributed by atoms with van der Waals surface area (Å²) in [5.41, 5.74) is 1.89. The van der Waals surface area contributed by atoms with Crippen LogP contribution in [-0.4, -0.2) is 56.7 Å². The SMILES string of the molecule is CC(NC(=O)NCc1ccccc1)C(O)C(=O)N1CSC(C)(C)[C@H]1C(=O)NCc1ccccc1. The fraction of sp³-hybridized carbons (Fsp3) is 0.400. The third-order valence-corrected chi connectivity index (χ3v) is 7.14. The van der Waals surface area contributed by atoms with E-state index in [4.69, 9.17) is 0 Å². The summed E-state index contributed by atoms with van der Waals surface area (Å²) in [5, 5.41) is 18.9. The van der Waals surface area contributed by atoms with E-state index in [0.717, 1.165) is 11.1 Å². The number of carbonyl (C=O) groups excluding carboxylic acids is 3. The molecule has 8 nitrogen and oxygen atoms in total. The molecule has 2 aromatic carbocycles. The van der Waals surface area contributed by atoms with Crippen molar-refractivity contribution < 1.29 is 19.5 Å². The summed E-state index contributed by atoms with van der Waals surface area (Å²) < 4.78 is -0.528. The van der Waals surface area contributed by atoms with Crippen LogP contribution in [0.2, 0.25) is 0 Å². The highest BCUT2D eigenvalue weighted by molar-refractivity contribution is 8.00. The summed E-state index contributed by atoms with van der Waals surface area (Å²) in [6, 6.07) is 16.9. The fourth-order valence-corrected chi connectivity index (χ4v) is 4.93. The van der Waals surface area contributed by atoms with Crippen molar-refractivity contribution in [3.8, 4) is 0 Å². The quantitative estimate of drug-likeness (QED) is 0.459. The number of aliphatic hydroxyl groups is 1. The van der Waals surface area contributed by atoms with E-state index >= 15 is 0 Å². The van der Waals surface area contributed by atoms with Crippen molar-refractivity contribution in [3.05, 3.63) is 71.8 Å². The van der Waals surface area contributed by atoms with E-state index in [9.17, 15) is 19.5 Å². The average Bonchev–Trinajstić information content (AvgIpc) is 3.16. The van der Waals surface area contributed by atoms with Crippen LogP contribution in [0.3, 0.4) is 0 Å². The number of rotatable bonds is 8. The van der Waals surface area contributed by atoms with Gasteiger partial charge in [-0.25, -0.2) is 4.79 Å². The molecule has 3 rings (SSSR count). The van der Waals surface area contributed by atoms with Gasteiger partial charge in [0, 0.05) is 17.8 Å². The van der Waals surface area contributed by atoms with E-state index in [2.05, 4.69) is 16.0 Å². The molecule has 4 amide bonds. The molecule has 1 fully saturated rings. The molecule has 9 heteroatoms. The summed E-state index contributed by atoms with van der Waals surface area (Å²) in [6.45, 7) is 6.04. The second kappa shape index (κ2) is 11.4. The summed E-state index contributed by atoms with van der Waals surface area (Å²) in [4.78, 5) is 39.8. The van der Waals surface area contributed by atoms with Crippen molar-refractivity contribution in [2.75, 3.05) is 5.88 Å². The molecule has 34 heavy (non-hydrogen) atoms. The Labute approximate surface area is 204 Å². The first-order valence-electron chi connectivity index (χ1n) is 11.2. The maximum Gasteiger partial charge on any atom is 0.315 e. The molecule has 2 unspecified atom stereocenters. The summed E-state index contributed by atoms with van der Waals surface area (Å²) in [7, 11) is 0. The molecule has 0 aromatic heterocycles. The van der Waals surface area contributed by atoms with E-state index in [1.807, 2.05) is 74.5 Å². The van der Waals surface area contributed by atoms with Crippen molar-refractivity contribution >= 4 is 29.6 Å². The van der Waals surface area contributed by atoms with Gasteiger partial charge in [0.05, 0.1) is 11.9 Å². The Morgan fingerprint density at radius 1 is 1.00 bits per heavy atom. The minimum atomic E-state index is -1.48. The van der Waals surface area contributed by atoms with Crippen molar-refractivity contribution in [2.24, 2.45) is 0 Å². The van der Waals surface area contributed by atoms with Crippen molar-refractivity contribution in [2.45, 2.75) is 56.8 Å². The molecule has 1 aliphatic heterocycles. The second-order valence-electron chi connectivity index (χ2n) is 8.84. The molecular formula is C25H32N4O4S. The minimum Gasteiger partial charge on any atom is -0.381 e. The van der Waals surface area contributed by atoms with Crippen molar-refractivity contribution in [1.82, 2.24) is 20.9 Å². The number of urea groups is 1. The van der Waals surface area contributed by atoms with Gasteiger partial charge in [-0.1, -0.05) is 60.7 Å². The molecule has 2 aromatic rings. The van der Waals surface area contributed by atoms with Crippen LogP contribution in [0.25, 0.3) is 0 Å². The Balaban J connectivity index is 1.58. The van der Waals surface area contributed by atoms with E-state index in [-0.39, 0.29) is 11.8 Å². The van der Waals surface area contributed by atoms with Crippen LogP contribution in [0, 0.1) is 0 Å². The maximum atomic E-state index is 13.1. The molecule has 4 N–H and O–H groups in total. The smallest absolute Gasteiger partial charge is 0.315 e. The van der Waals surface area contributed by atoms with Crippen LogP contribution in [0.4, 0.5) is 4.79 Å². The Bertz CT molecular complexity index is 987. The van der Waals surface area contributed by atoms with E-state index < -0.39 is 34.9 Å². The van der Waals surface area contributed by atoms with Crippen LogP contribution < -0.4 is 16.0 Å². The zero-order chi connectivity index (χ0) is 24.7. The number of amides is 4. The highest BCUT2D eigenvalue weighted by Gasteiger charge is 2.49. The van der Waals surface area contributed by atoms with Crippen molar-refractivity contribution in [3.63, 3.8) is 0 Å². The molecule has 1 saturated heterocycles. The zero-order valence-corrected chi connectivity index (χ0v) is 20.5. The van der Waals surface area contributed by atoms with Crippen LogP contribution >= 0.6 is 11.8 Å². The predicted octanol–water partition coefficient (Wildman–Crippen LogP) is 2.23. The number of hydrogen-bond donors (Lipinski definition) is 4. The minimum absolute atomic E-state index is 0.277. The van der Waals surface area contributed by atoms with Gasteiger partial charge in [-0.3, -0.25) is 9.59 Å². The number of nitrogens with one attached hydrogen (secondary N) is 3. The molecule has 3 atom stereocenters. The first-order valence-corrected chi connectivity index (χ1v) is 12.2. The number of benzene rings is 2. The summed E-state index contributed by atoms with van der Waals surface area (Å²) >= 11 is 1.48. The largest absolute Gasteiger partial charge is 0.381 e. The van der Waals surface area contributed by atoms with Gasteiger partial charge in [0.25, 0.3) is 5.91 Å². The third-order valence-electron chi connectivity index (χ3n) is 5.77. The van der Waals surface area contributed by atoms with E-state index in [0.29, 0.717) is 13.1 Å². The van der Waals surface area contributed by atoms with Crippen molar-refractivity contribution in [1.29, 1.82) is 0 Å². The molecule has 0 bridgehead atoms. The molecule has 0 aliphatic carbocycles. The monoisotopic (exact) mass is 484 g/mol. The lowest BCUT2D eigenvalue weighted by Gasteiger charge is -2.32. The molecule has 0 radical (unpaired) electrons. The first-order chi connectivity index (χ1) is 16.2. The van der Waals surface area contributed by atoms with Gasteiger partial charge in [-0.15, -0.1) is 11.8 Å². The Kier molecular flexibility index (Phi) is 8.57. The first kappa shape index (κ1) is 25.6. The van der Waals surface area contributed by atoms with Gasteiger partial charge in [-0.2, -0.15) is 0 Å². The number of carbonyl (C=O) groups is 3. The lowest BCUT2D eigenvalue weighted by Crippen LogP contribution is -2.58. The topological polar surface area (TPSA) is 111 Å². The summed E-state index contributed by atoms with van der Waals surface area (Å²) in [5.74, 6) is -0.589. The second-order valence-corrected chi connectivity index (χ2v) is 10.4. The Hall–Kier alpha value is -3.04. The number of nitrogens with zero attached hydrogens (tertiary/aromatic N) is 1. The van der Waals surface area contributed by atoms with Crippen LogP contribution in [0.15, 0.2) is 60.7 Å². The number of hydrogen-bond acceptors (Lipinski definition) is 5. The van der Waals surface area contributed by atoms with Gasteiger partial charge in [-0.05, 0) is 31.9 Å². The van der Waals surface area contributed by atoms with E-state index in [1.54, 1.807) is 6.92 Å². The van der Waals surface area contributed by atoms with Gasteiger partial charge in [0.1, 0.15) is 6.04 Å². The third kappa shape index (κ3) is 6.51. The average molecular weight is 485 g/mol. The van der Waals surface area contributed by atoms with Gasteiger partial charge in [0.15, 0.2) is 6.10 Å². The standard InChI is InChI=1S/C25H32N4O4S/c1-17(28-24(33)27-15-19-12-8-5-9-13-19)20(30)23(32)29-16-34-25(2,3)21(29)22(31)26-14-18-10-6-4-7-11-18/h4-13,17,20-21,30H,14-16H2,1-3H3,(H,26,31)(H2,27,28,33)/t17?,20?,21-/m1/s1. The lowest BCUT2D eigenvalue weighted by molar-refractivity contribution is -0.147. The summed E-state index contributed by atoms with van der Waals surface area (Å²) in [6.07, 6.45) is -1.48. The van der Waals surface area contributed by atoms with E-state index in [1.165, 1.54) is 16.7 Å². The number of thioether (sulfide) groups is 1. The Morgan fingerprint density at radius 2 is 1.53 bits per heavy atom. The van der Waals surface area contributed by atoms with Gasteiger partial charge in [0.2, 0.25) is 5.91 Å². The predicted molar refractivity (Wildman–Crippen MR) is 133 cm³/mol. The van der Waals surface area contributed by atoms with Gasteiger partial charge < -0.3 is 26.0 Å². The maximum absolute atomic E-state index is 13.1. The molecule has 1 heterocycles. The normalized spacial score (nSPS) is 18.6. The highest BCUT2D eigenvalue weighted by atomic mass is 32.2.